The van der Waals surface area contributed by atoms with Crippen molar-refractivity contribution in [2.75, 3.05) is 26.2 Å². The number of likely N-dealkylation sites (N-methyl/N-ethyl adjacent to an activating group) is 1. The van der Waals surface area contributed by atoms with Crippen LogP contribution in [0.4, 0.5) is 0 Å². The minimum Gasteiger partial charge on any atom is -0.491 e. The summed E-state index contributed by atoms with van der Waals surface area (Å²) < 4.78 is 6.15. The summed E-state index contributed by atoms with van der Waals surface area (Å²) in [5.41, 5.74) is 2.45. The van der Waals surface area contributed by atoms with Crippen LogP contribution in [0.2, 0.25) is 0 Å². The number of nitrogens with zero attached hydrogens (tertiary/aromatic N) is 2. The van der Waals surface area contributed by atoms with Crippen LogP contribution in [-0.4, -0.2) is 47.9 Å². The Morgan fingerprint density at radius 2 is 1.88 bits per heavy atom. The molecule has 1 aromatic carbocycles. The lowest BCUT2D eigenvalue weighted by Gasteiger charge is -2.37. The lowest BCUT2D eigenvalue weighted by atomic mass is 10.00. The van der Waals surface area contributed by atoms with E-state index in [1.54, 1.807) is 16.2 Å². The number of rotatable bonds is 9. The molecule has 0 N–H and O–H groups in total. The standard InChI is InChI=1S/C26H36N2O3S/c1-6-27(25(29)15-18(2)3)16-26(30)28-13-11-24-22(12-14-32-24)23(28)17-31-21-9-7-20(8-10-21)19(4)5/h7-10,12,14,18-19,23H,6,11,13,15-17H2,1-5H3/t23-/m1/s1. The number of hydrogen-bond donors (Lipinski definition) is 0. The van der Waals surface area contributed by atoms with Gasteiger partial charge in [-0.3, -0.25) is 9.59 Å². The van der Waals surface area contributed by atoms with Gasteiger partial charge >= 0.3 is 0 Å². The summed E-state index contributed by atoms with van der Waals surface area (Å²) in [5.74, 6) is 1.60. The van der Waals surface area contributed by atoms with Crippen molar-refractivity contribution in [2.24, 2.45) is 5.92 Å². The van der Waals surface area contributed by atoms with Crippen molar-refractivity contribution in [3.63, 3.8) is 0 Å². The molecule has 0 saturated heterocycles. The second kappa shape index (κ2) is 11.0. The van der Waals surface area contributed by atoms with Crippen molar-refractivity contribution in [1.82, 2.24) is 9.80 Å². The van der Waals surface area contributed by atoms with E-state index in [4.69, 9.17) is 4.74 Å². The molecule has 0 radical (unpaired) electrons. The van der Waals surface area contributed by atoms with Crippen LogP contribution in [0.5, 0.6) is 5.75 Å². The summed E-state index contributed by atoms with van der Waals surface area (Å²) in [6, 6.07) is 10.2. The predicted molar refractivity (Wildman–Crippen MR) is 130 cm³/mol. The first-order chi connectivity index (χ1) is 15.3. The molecular weight excluding hydrogens is 420 g/mol. The van der Waals surface area contributed by atoms with E-state index in [0.29, 0.717) is 32.0 Å². The fourth-order valence-corrected chi connectivity index (χ4v) is 5.04. The second-order valence-electron chi connectivity index (χ2n) is 9.19. The minimum atomic E-state index is -0.138. The molecule has 1 aliphatic heterocycles. The fraction of sp³-hybridized carbons (Fsp3) is 0.538. The second-order valence-corrected chi connectivity index (χ2v) is 10.2. The molecule has 2 heterocycles. The van der Waals surface area contributed by atoms with Gasteiger partial charge in [-0.25, -0.2) is 0 Å². The van der Waals surface area contributed by atoms with Crippen LogP contribution < -0.4 is 4.74 Å². The number of carbonyl (C=O) groups excluding carboxylic acids is 2. The molecule has 1 aromatic heterocycles. The normalized spacial score (nSPS) is 15.7. The monoisotopic (exact) mass is 456 g/mol. The van der Waals surface area contributed by atoms with Gasteiger partial charge in [-0.1, -0.05) is 39.8 Å². The van der Waals surface area contributed by atoms with E-state index in [0.717, 1.165) is 12.2 Å². The molecule has 174 valence electrons. The first kappa shape index (κ1) is 24.3. The molecule has 0 fully saturated rings. The summed E-state index contributed by atoms with van der Waals surface area (Å²) in [6.07, 6.45) is 1.32. The smallest absolute Gasteiger partial charge is 0.242 e. The topological polar surface area (TPSA) is 49.9 Å². The molecule has 5 nitrogen and oxygen atoms in total. The maximum atomic E-state index is 13.3. The molecule has 6 heteroatoms. The molecule has 3 rings (SSSR count). The van der Waals surface area contributed by atoms with Crippen LogP contribution >= 0.6 is 11.3 Å². The van der Waals surface area contributed by atoms with Crippen LogP contribution in [0.1, 0.15) is 69.0 Å². The van der Waals surface area contributed by atoms with Gasteiger partial charge in [0.2, 0.25) is 11.8 Å². The van der Waals surface area contributed by atoms with Crippen molar-refractivity contribution >= 4 is 23.2 Å². The van der Waals surface area contributed by atoms with Crippen LogP contribution in [-0.2, 0) is 16.0 Å². The third-order valence-corrected chi connectivity index (χ3v) is 7.01. The maximum Gasteiger partial charge on any atom is 0.242 e. The van der Waals surface area contributed by atoms with Crippen LogP contribution in [0.15, 0.2) is 35.7 Å². The number of thiophene rings is 1. The van der Waals surface area contributed by atoms with Gasteiger partial charge in [-0.15, -0.1) is 11.3 Å². The zero-order valence-electron chi connectivity index (χ0n) is 20.0. The van der Waals surface area contributed by atoms with Gasteiger partial charge in [-0.05, 0) is 59.9 Å². The van der Waals surface area contributed by atoms with Crippen molar-refractivity contribution in [1.29, 1.82) is 0 Å². The highest BCUT2D eigenvalue weighted by molar-refractivity contribution is 7.10. The molecule has 0 aliphatic carbocycles. The average Bonchev–Trinajstić information content (AvgIpc) is 3.24. The van der Waals surface area contributed by atoms with Gasteiger partial charge in [0.1, 0.15) is 12.4 Å². The van der Waals surface area contributed by atoms with E-state index in [9.17, 15) is 9.59 Å². The molecule has 0 unspecified atom stereocenters. The molecule has 1 atom stereocenters. The zero-order valence-corrected chi connectivity index (χ0v) is 20.8. The summed E-state index contributed by atoms with van der Waals surface area (Å²) >= 11 is 1.74. The molecule has 0 saturated carbocycles. The first-order valence-electron chi connectivity index (χ1n) is 11.7. The Bertz CT molecular complexity index is 904. The van der Waals surface area contributed by atoms with Crippen molar-refractivity contribution in [2.45, 2.75) is 59.4 Å². The fourth-order valence-electron chi connectivity index (χ4n) is 4.11. The number of ether oxygens (including phenoxy) is 1. The van der Waals surface area contributed by atoms with Crippen LogP contribution in [0, 0.1) is 5.92 Å². The van der Waals surface area contributed by atoms with Gasteiger partial charge in [0.25, 0.3) is 0 Å². The number of carbonyl (C=O) groups is 2. The third kappa shape index (κ3) is 5.91. The van der Waals surface area contributed by atoms with E-state index in [2.05, 4.69) is 37.4 Å². The summed E-state index contributed by atoms with van der Waals surface area (Å²) in [7, 11) is 0. The molecule has 32 heavy (non-hydrogen) atoms. The lowest BCUT2D eigenvalue weighted by Crippen LogP contribution is -2.47. The van der Waals surface area contributed by atoms with Gasteiger partial charge in [0, 0.05) is 24.4 Å². The zero-order chi connectivity index (χ0) is 23.3. The Kier molecular flexibility index (Phi) is 8.35. The van der Waals surface area contributed by atoms with E-state index >= 15 is 0 Å². The number of hydrogen-bond acceptors (Lipinski definition) is 4. The Hall–Kier alpha value is -2.34. The van der Waals surface area contributed by atoms with Crippen molar-refractivity contribution in [3.05, 3.63) is 51.7 Å². The van der Waals surface area contributed by atoms with Crippen LogP contribution in [0.25, 0.3) is 0 Å². The first-order valence-corrected chi connectivity index (χ1v) is 12.5. The summed E-state index contributed by atoms with van der Waals surface area (Å²) in [6.45, 7) is 12.1. The Labute approximate surface area is 196 Å². The Morgan fingerprint density at radius 3 is 2.50 bits per heavy atom. The maximum absolute atomic E-state index is 13.3. The SMILES string of the molecule is CCN(CC(=O)N1CCc2sccc2[C@H]1COc1ccc(C(C)C)cc1)C(=O)CC(C)C. The molecular formula is C26H36N2O3S. The van der Waals surface area contributed by atoms with Gasteiger partial charge < -0.3 is 14.5 Å². The lowest BCUT2D eigenvalue weighted by molar-refractivity contribution is -0.143. The number of fused-ring (bicyclic) bond motifs is 1. The quantitative estimate of drug-likeness (QED) is 0.516. The van der Waals surface area contributed by atoms with Gasteiger partial charge in [0.15, 0.2) is 0 Å². The van der Waals surface area contributed by atoms with Gasteiger partial charge in [-0.2, -0.15) is 0 Å². The summed E-state index contributed by atoms with van der Waals surface area (Å²) in [5, 5.41) is 2.09. The molecule has 0 spiro atoms. The Morgan fingerprint density at radius 1 is 1.16 bits per heavy atom. The number of benzene rings is 1. The van der Waals surface area contributed by atoms with E-state index in [1.165, 1.54) is 16.0 Å². The highest BCUT2D eigenvalue weighted by Gasteiger charge is 2.33. The molecule has 0 bridgehead atoms. The average molecular weight is 457 g/mol. The van der Waals surface area contributed by atoms with E-state index in [1.807, 2.05) is 37.8 Å². The number of amides is 2. The van der Waals surface area contributed by atoms with E-state index < -0.39 is 0 Å². The van der Waals surface area contributed by atoms with Crippen molar-refractivity contribution in [3.8, 4) is 5.75 Å². The van der Waals surface area contributed by atoms with Gasteiger partial charge in [0.05, 0.1) is 12.6 Å². The highest BCUT2D eigenvalue weighted by Crippen LogP contribution is 2.34. The highest BCUT2D eigenvalue weighted by atomic mass is 32.1. The van der Waals surface area contributed by atoms with Crippen LogP contribution in [0.3, 0.4) is 0 Å². The van der Waals surface area contributed by atoms with Crippen molar-refractivity contribution < 1.29 is 14.3 Å². The predicted octanol–water partition coefficient (Wildman–Crippen LogP) is 5.27. The largest absolute Gasteiger partial charge is 0.491 e. The Balaban J connectivity index is 1.72. The molecule has 2 aromatic rings. The molecule has 1 aliphatic rings. The summed E-state index contributed by atoms with van der Waals surface area (Å²) in [4.78, 5) is 30.8. The molecule has 2 amide bonds. The van der Waals surface area contributed by atoms with E-state index in [-0.39, 0.29) is 30.3 Å². The minimum absolute atomic E-state index is 0.00966. The third-order valence-electron chi connectivity index (χ3n) is 6.01.